The number of pyridine rings is 1. The third-order valence-corrected chi connectivity index (χ3v) is 3.44. The Hall–Kier alpha value is -2.27. The van der Waals surface area contributed by atoms with Crippen molar-refractivity contribution in [2.24, 2.45) is 0 Å². The largest absolute Gasteiger partial charge is 0.456 e. The highest BCUT2D eigenvalue weighted by atomic mass is 32.1. The molecular weight excluding hydrogens is 260 g/mol. The van der Waals surface area contributed by atoms with E-state index in [-0.39, 0.29) is 12.6 Å². The van der Waals surface area contributed by atoms with Gasteiger partial charge in [0.15, 0.2) is 0 Å². The van der Waals surface area contributed by atoms with Crippen molar-refractivity contribution < 1.29 is 9.53 Å². The summed E-state index contributed by atoms with van der Waals surface area (Å²) in [6, 6.07) is 10.8. The van der Waals surface area contributed by atoms with Crippen LogP contribution in [0.4, 0.5) is 0 Å². The number of carbonyl (C=O) groups excluding carboxylic acids is 1. The van der Waals surface area contributed by atoms with E-state index < -0.39 is 0 Å². The van der Waals surface area contributed by atoms with Crippen molar-refractivity contribution in [3.63, 3.8) is 0 Å². The van der Waals surface area contributed by atoms with Gasteiger partial charge in [-0.2, -0.15) is 0 Å². The molecule has 0 unspecified atom stereocenters. The summed E-state index contributed by atoms with van der Waals surface area (Å²) >= 11 is 1.50. The highest BCUT2D eigenvalue weighted by molar-refractivity contribution is 7.16. The van der Waals surface area contributed by atoms with E-state index >= 15 is 0 Å². The van der Waals surface area contributed by atoms with Crippen LogP contribution in [0.1, 0.15) is 16.1 Å². The van der Waals surface area contributed by atoms with Gasteiger partial charge in [0.2, 0.25) is 0 Å². The molecule has 1 aromatic carbocycles. The van der Waals surface area contributed by atoms with E-state index in [1.807, 2.05) is 24.3 Å². The van der Waals surface area contributed by atoms with Crippen LogP contribution in [-0.2, 0) is 11.3 Å². The van der Waals surface area contributed by atoms with Gasteiger partial charge in [-0.1, -0.05) is 6.07 Å². The lowest BCUT2D eigenvalue weighted by Gasteiger charge is -2.04. The first kappa shape index (κ1) is 11.8. The Kier molecular flexibility index (Phi) is 3.20. The Morgan fingerprint density at radius 1 is 1.21 bits per heavy atom. The lowest BCUT2D eigenvalue weighted by Crippen LogP contribution is -2.05. The molecule has 3 aromatic rings. The van der Waals surface area contributed by atoms with Crippen LogP contribution in [0.15, 0.2) is 48.1 Å². The molecule has 0 saturated heterocycles. The van der Waals surface area contributed by atoms with Gasteiger partial charge in [0.25, 0.3) is 0 Å². The van der Waals surface area contributed by atoms with Gasteiger partial charge in [-0.15, -0.1) is 11.3 Å². The van der Waals surface area contributed by atoms with Crippen molar-refractivity contribution in [2.45, 2.75) is 6.61 Å². The maximum Gasteiger partial charge on any atom is 0.338 e. The molecule has 0 saturated carbocycles. The molecule has 19 heavy (non-hydrogen) atoms. The first-order valence-electron chi connectivity index (χ1n) is 5.73. The van der Waals surface area contributed by atoms with Crippen LogP contribution < -0.4 is 0 Å². The fourth-order valence-corrected chi connectivity index (χ4v) is 2.40. The van der Waals surface area contributed by atoms with E-state index in [1.165, 1.54) is 11.3 Å². The Morgan fingerprint density at radius 2 is 2.16 bits per heavy atom. The van der Waals surface area contributed by atoms with Gasteiger partial charge >= 0.3 is 5.97 Å². The van der Waals surface area contributed by atoms with Gasteiger partial charge < -0.3 is 4.74 Å². The quantitative estimate of drug-likeness (QED) is 0.686. The molecule has 0 aliphatic heterocycles. The zero-order valence-corrected chi connectivity index (χ0v) is 10.8. The summed E-state index contributed by atoms with van der Waals surface area (Å²) in [5.74, 6) is -0.346. The van der Waals surface area contributed by atoms with Crippen molar-refractivity contribution in [2.75, 3.05) is 0 Å². The molecule has 0 amide bonds. The Labute approximate surface area is 113 Å². The van der Waals surface area contributed by atoms with Crippen LogP contribution in [0.2, 0.25) is 0 Å². The molecule has 4 nitrogen and oxygen atoms in total. The summed E-state index contributed by atoms with van der Waals surface area (Å²) in [7, 11) is 0. The Bertz CT molecular complexity index is 710. The standard InChI is InChI=1S/C14H10N2O2S/c17-14(18-8-11-3-1-2-6-15-11)10-4-5-12-13(7-10)19-9-16-12/h1-7,9H,8H2. The van der Waals surface area contributed by atoms with Crippen molar-refractivity contribution in [1.82, 2.24) is 9.97 Å². The van der Waals surface area contributed by atoms with Crippen LogP contribution in [0.3, 0.4) is 0 Å². The van der Waals surface area contributed by atoms with Crippen molar-refractivity contribution in [3.8, 4) is 0 Å². The number of nitrogens with zero attached hydrogens (tertiary/aromatic N) is 2. The SMILES string of the molecule is O=C(OCc1ccccn1)c1ccc2ncsc2c1. The van der Waals surface area contributed by atoms with Crippen LogP contribution in [-0.4, -0.2) is 15.9 Å². The molecule has 0 aliphatic rings. The van der Waals surface area contributed by atoms with Gasteiger partial charge in [-0.25, -0.2) is 9.78 Å². The molecular formula is C14H10N2O2S. The lowest BCUT2D eigenvalue weighted by atomic mass is 10.2. The zero-order valence-electron chi connectivity index (χ0n) is 9.95. The Balaban J connectivity index is 1.73. The second kappa shape index (κ2) is 5.16. The highest BCUT2D eigenvalue weighted by Gasteiger charge is 2.09. The maximum atomic E-state index is 11.9. The average Bonchev–Trinajstić information content (AvgIpc) is 2.93. The van der Waals surface area contributed by atoms with Crippen LogP contribution in [0.25, 0.3) is 10.2 Å². The number of benzene rings is 1. The Morgan fingerprint density at radius 3 is 3.00 bits per heavy atom. The third kappa shape index (κ3) is 2.61. The average molecular weight is 270 g/mol. The van der Waals surface area contributed by atoms with Crippen LogP contribution in [0.5, 0.6) is 0 Å². The molecule has 3 rings (SSSR count). The van der Waals surface area contributed by atoms with Gasteiger partial charge in [-0.3, -0.25) is 4.98 Å². The lowest BCUT2D eigenvalue weighted by molar-refractivity contribution is 0.0468. The zero-order chi connectivity index (χ0) is 13.1. The molecule has 5 heteroatoms. The number of esters is 1. The van der Waals surface area contributed by atoms with Crippen molar-refractivity contribution in [3.05, 3.63) is 59.4 Å². The highest BCUT2D eigenvalue weighted by Crippen LogP contribution is 2.19. The third-order valence-electron chi connectivity index (χ3n) is 2.64. The minimum absolute atomic E-state index is 0.181. The second-order valence-corrected chi connectivity index (χ2v) is 4.82. The monoisotopic (exact) mass is 270 g/mol. The molecule has 0 radical (unpaired) electrons. The summed E-state index contributed by atoms with van der Waals surface area (Å²) in [5, 5.41) is 0. The molecule has 0 fully saturated rings. The van der Waals surface area contributed by atoms with E-state index in [4.69, 9.17) is 4.74 Å². The number of aromatic nitrogens is 2. The molecule has 0 N–H and O–H groups in total. The van der Waals surface area contributed by atoms with Gasteiger partial charge in [0, 0.05) is 6.20 Å². The summed E-state index contributed by atoms with van der Waals surface area (Å²) in [4.78, 5) is 20.2. The number of fused-ring (bicyclic) bond motifs is 1. The number of ether oxygens (including phenoxy) is 1. The van der Waals surface area contributed by atoms with Gasteiger partial charge in [-0.05, 0) is 30.3 Å². The minimum atomic E-state index is -0.346. The van der Waals surface area contributed by atoms with E-state index in [0.717, 1.165) is 15.9 Å². The summed E-state index contributed by atoms with van der Waals surface area (Å²) in [6.07, 6.45) is 1.67. The summed E-state index contributed by atoms with van der Waals surface area (Å²) < 4.78 is 6.20. The fraction of sp³-hybridized carbons (Fsp3) is 0.0714. The second-order valence-electron chi connectivity index (χ2n) is 3.93. The normalized spacial score (nSPS) is 10.5. The molecule has 0 atom stereocenters. The fourth-order valence-electron chi connectivity index (χ4n) is 1.69. The molecule has 2 heterocycles. The van der Waals surface area contributed by atoms with E-state index in [9.17, 15) is 4.79 Å². The van der Waals surface area contributed by atoms with Gasteiger partial charge in [0.05, 0.1) is 27.0 Å². The number of thiazole rings is 1. The topological polar surface area (TPSA) is 52.1 Å². The predicted octanol–water partition coefficient (Wildman–Crippen LogP) is 3.05. The van der Waals surface area contributed by atoms with Crippen LogP contribution >= 0.6 is 11.3 Å². The number of hydrogen-bond acceptors (Lipinski definition) is 5. The van der Waals surface area contributed by atoms with Gasteiger partial charge in [0.1, 0.15) is 6.61 Å². The molecule has 0 spiro atoms. The number of rotatable bonds is 3. The summed E-state index contributed by atoms with van der Waals surface area (Å²) in [6.45, 7) is 0.181. The first-order chi connectivity index (χ1) is 9.33. The predicted molar refractivity (Wildman–Crippen MR) is 73.0 cm³/mol. The maximum absolute atomic E-state index is 11.9. The van der Waals surface area contributed by atoms with Crippen molar-refractivity contribution >= 4 is 27.5 Å². The molecule has 94 valence electrons. The van der Waals surface area contributed by atoms with E-state index in [0.29, 0.717) is 5.56 Å². The molecule has 0 bridgehead atoms. The molecule has 0 aliphatic carbocycles. The first-order valence-corrected chi connectivity index (χ1v) is 6.61. The smallest absolute Gasteiger partial charge is 0.338 e. The minimum Gasteiger partial charge on any atom is -0.456 e. The van der Waals surface area contributed by atoms with Crippen molar-refractivity contribution in [1.29, 1.82) is 0 Å². The van der Waals surface area contributed by atoms with E-state index in [1.54, 1.807) is 23.8 Å². The summed E-state index contributed by atoms with van der Waals surface area (Å²) in [5.41, 5.74) is 3.92. The molecule has 2 aromatic heterocycles. The number of hydrogen-bond donors (Lipinski definition) is 0. The van der Waals surface area contributed by atoms with Crippen LogP contribution in [0, 0.1) is 0 Å². The van der Waals surface area contributed by atoms with E-state index in [2.05, 4.69) is 9.97 Å². The number of carbonyl (C=O) groups is 1.